The van der Waals surface area contributed by atoms with Gasteiger partial charge in [0.15, 0.2) is 17.3 Å². The zero-order valence-electron chi connectivity index (χ0n) is 17.1. The minimum absolute atomic E-state index is 0.0744. The van der Waals surface area contributed by atoms with E-state index in [1.165, 1.54) is 28.4 Å². The van der Waals surface area contributed by atoms with Gasteiger partial charge >= 0.3 is 5.97 Å². The molecule has 0 spiro atoms. The van der Waals surface area contributed by atoms with Crippen LogP contribution in [0.1, 0.15) is 23.7 Å². The van der Waals surface area contributed by atoms with E-state index in [2.05, 4.69) is 0 Å². The van der Waals surface area contributed by atoms with Crippen molar-refractivity contribution in [1.29, 1.82) is 0 Å². The van der Waals surface area contributed by atoms with Crippen molar-refractivity contribution in [2.75, 3.05) is 28.4 Å². The number of esters is 1. The van der Waals surface area contributed by atoms with Gasteiger partial charge in [-0.05, 0) is 18.2 Å². The predicted molar refractivity (Wildman–Crippen MR) is 109 cm³/mol. The lowest BCUT2D eigenvalue weighted by Gasteiger charge is -2.22. The molecule has 0 aliphatic heterocycles. The van der Waals surface area contributed by atoms with Crippen LogP contribution >= 0.6 is 0 Å². The van der Waals surface area contributed by atoms with Crippen molar-refractivity contribution in [3.05, 3.63) is 57.9 Å². The molecule has 8 nitrogen and oxygen atoms in total. The lowest BCUT2D eigenvalue weighted by Crippen LogP contribution is -2.15. The molecule has 2 aromatic carbocycles. The van der Waals surface area contributed by atoms with Crippen LogP contribution in [0.25, 0.3) is 11.0 Å². The number of carbonyl (C=O) groups is 1. The highest BCUT2D eigenvalue weighted by Crippen LogP contribution is 2.46. The Labute approximate surface area is 172 Å². The van der Waals surface area contributed by atoms with Crippen LogP contribution in [0.2, 0.25) is 0 Å². The maximum Gasteiger partial charge on any atom is 0.306 e. The topological polar surface area (TPSA) is 104 Å². The molecule has 3 aromatic rings. The number of hydrogen-bond acceptors (Lipinski definition) is 8. The largest absolute Gasteiger partial charge is 0.502 e. The first kappa shape index (κ1) is 21.0. The van der Waals surface area contributed by atoms with Crippen LogP contribution in [0.15, 0.2) is 45.6 Å². The maximum absolute atomic E-state index is 12.7. The Morgan fingerprint density at radius 3 is 2.33 bits per heavy atom. The second-order valence-corrected chi connectivity index (χ2v) is 6.40. The van der Waals surface area contributed by atoms with E-state index >= 15 is 0 Å². The summed E-state index contributed by atoms with van der Waals surface area (Å²) in [7, 11) is 5.62. The molecule has 0 aliphatic rings. The van der Waals surface area contributed by atoms with E-state index < -0.39 is 23.1 Å². The van der Waals surface area contributed by atoms with Crippen molar-refractivity contribution in [1.82, 2.24) is 0 Å². The van der Waals surface area contributed by atoms with E-state index in [9.17, 15) is 14.7 Å². The summed E-state index contributed by atoms with van der Waals surface area (Å²) in [5.41, 5.74) is 0.139. The Morgan fingerprint density at radius 1 is 1.00 bits per heavy atom. The Hall–Kier alpha value is -3.68. The molecule has 1 heterocycles. The van der Waals surface area contributed by atoms with Crippen molar-refractivity contribution < 1.29 is 33.3 Å². The third-order valence-corrected chi connectivity index (χ3v) is 4.83. The minimum Gasteiger partial charge on any atom is -0.502 e. The number of aromatic hydroxyl groups is 1. The van der Waals surface area contributed by atoms with Crippen LogP contribution in [0, 0.1) is 0 Å². The third-order valence-electron chi connectivity index (χ3n) is 4.83. The molecule has 1 N–H and O–H groups in total. The number of fused-ring (bicyclic) bond motifs is 1. The maximum atomic E-state index is 12.7. The van der Waals surface area contributed by atoms with Gasteiger partial charge in [-0.2, -0.15) is 0 Å². The molecular formula is C22H22O8. The number of ether oxygens (including phenoxy) is 4. The molecule has 1 atom stereocenters. The van der Waals surface area contributed by atoms with Gasteiger partial charge in [0.25, 0.3) is 0 Å². The summed E-state index contributed by atoms with van der Waals surface area (Å²) < 4.78 is 26.9. The number of methoxy groups -OCH3 is 4. The summed E-state index contributed by atoms with van der Waals surface area (Å²) in [4.78, 5) is 24.9. The van der Waals surface area contributed by atoms with Gasteiger partial charge in [-0.1, -0.05) is 18.2 Å². The van der Waals surface area contributed by atoms with Crippen LogP contribution in [0.4, 0.5) is 0 Å². The minimum atomic E-state index is -0.885. The summed E-state index contributed by atoms with van der Waals surface area (Å²) in [6.45, 7) is 0. The summed E-state index contributed by atoms with van der Waals surface area (Å²) in [6.07, 6.45) is -0.211. The van der Waals surface area contributed by atoms with Crippen LogP contribution in [0.5, 0.6) is 23.0 Å². The van der Waals surface area contributed by atoms with Crippen molar-refractivity contribution in [3.63, 3.8) is 0 Å². The Balaban J connectivity index is 2.31. The van der Waals surface area contributed by atoms with Gasteiger partial charge in [0.1, 0.15) is 5.58 Å². The molecule has 0 aliphatic carbocycles. The van der Waals surface area contributed by atoms with Crippen molar-refractivity contribution in [2.24, 2.45) is 0 Å². The smallest absolute Gasteiger partial charge is 0.306 e. The van der Waals surface area contributed by atoms with E-state index in [1.54, 1.807) is 36.4 Å². The second-order valence-electron chi connectivity index (χ2n) is 6.40. The van der Waals surface area contributed by atoms with Gasteiger partial charge in [0, 0.05) is 5.56 Å². The Kier molecular flexibility index (Phi) is 6.15. The van der Waals surface area contributed by atoms with E-state index in [1.807, 2.05) is 0 Å². The molecule has 30 heavy (non-hydrogen) atoms. The van der Waals surface area contributed by atoms with Gasteiger partial charge in [0.05, 0.1) is 46.2 Å². The molecule has 3 rings (SSSR count). The quantitative estimate of drug-likeness (QED) is 0.588. The molecule has 0 fully saturated rings. The van der Waals surface area contributed by atoms with Crippen LogP contribution in [-0.4, -0.2) is 39.5 Å². The summed E-state index contributed by atoms with van der Waals surface area (Å²) in [5.74, 6) is -1.11. The number of carbonyl (C=O) groups excluding carboxylic acids is 1. The number of rotatable bonds is 7. The Bertz CT molecular complexity index is 1130. The molecule has 0 amide bonds. The highest BCUT2D eigenvalue weighted by atomic mass is 16.5. The van der Waals surface area contributed by atoms with Crippen molar-refractivity contribution in [2.45, 2.75) is 12.3 Å². The van der Waals surface area contributed by atoms with E-state index in [0.717, 1.165) is 0 Å². The number of para-hydroxylation sites is 1. The molecule has 0 bridgehead atoms. The fraction of sp³-hybridized carbons (Fsp3) is 0.273. The highest BCUT2D eigenvalue weighted by Gasteiger charge is 2.31. The first-order valence-electron chi connectivity index (χ1n) is 9.07. The van der Waals surface area contributed by atoms with Crippen molar-refractivity contribution >= 4 is 16.9 Å². The zero-order valence-corrected chi connectivity index (χ0v) is 17.1. The number of hydrogen-bond donors (Lipinski definition) is 1. The molecule has 8 heteroatoms. The average molecular weight is 414 g/mol. The van der Waals surface area contributed by atoms with Gasteiger partial charge in [-0.15, -0.1) is 0 Å². The van der Waals surface area contributed by atoms with Gasteiger partial charge < -0.3 is 28.5 Å². The highest BCUT2D eigenvalue weighted by molar-refractivity contribution is 5.79. The summed E-state index contributed by atoms with van der Waals surface area (Å²) in [5, 5.41) is 10.9. The molecule has 158 valence electrons. The molecule has 0 saturated heterocycles. The third kappa shape index (κ3) is 3.63. The van der Waals surface area contributed by atoms with Crippen LogP contribution < -0.4 is 19.6 Å². The lowest BCUT2D eigenvalue weighted by molar-refractivity contribution is -0.140. The van der Waals surface area contributed by atoms with E-state index in [-0.39, 0.29) is 28.9 Å². The monoisotopic (exact) mass is 414 g/mol. The SMILES string of the molecule is COC(=O)C[C@H](c1ccc(OC)c(OC)c1OC)c1oc2ccccc2c(=O)c1O. The standard InChI is InChI=1S/C22H22O8/c1-26-16-10-9-12(21(28-3)22(16)29-4)14(11-17(23)27-2)20-19(25)18(24)13-7-5-6-8-15(13)30-20/h5-10,14,25H,11H2,1-4H3/t14-/m1/s1. The van der Waals surface area contributed by atoms with Crippen LogP contribution in [0.3, 0.4) is 0 Å². The molecule has 0 unspecified atom stereocenters. The second kappa shape index (κ2) is 8.77. The van der Waals surface area contributed by atoms with Crippen molar-refractivity contribution in [3.8, 4) is 23.0 Å². The molecular weight excluding hydrogens is 392 g/mol. The molecule has 1 aromatic heterocycles. The Morgan fingerprint density at radius 2 is 1.70 bits per heavy atom. The fourth-order valence-corrected chi connectivity index (χ4v) is 3.38. The molecule has 0 saturated carbocycles. The molecule has 0 radical (unpaired) electrons. The first-order chi connectivity index (χ1) is 14.5. The summed E-state index contributed by atoms with van der Waals surface area (Å²) >= 11 is 0. The zero-order chi connectivity index (χ0) is 21.8. The number of benzene rings is 2. The van der Waals surface area contributed by atoms with Crippen LogP contribution in [-0.2, 0) is 9.53 Å². The normalized spacial score (nSPS) is 11.7. The first-order valence-corrected chi connectivity index (χ1v) is 9.07. The van der Waals surface area contributed by atoms with Gasteiger partial charge in [-0.25, -0.2) is 0 Å². The van der Waals surface area contributed by atoms with E-state index in [4.69, 9.17) is 23.4 Å². The average Bonchev–Trinajstić information content (AvgIpc) is 2.78. The lowest BCUT2D eigenvalue weighted by atomic mass is 9.90. The van der Waals surface area contributed by atoms with E-state index in [0.29, 0.717) is 17.1 Å². The predicted octanol–water partition coefficient (Wildman–Crippen LogP) is 3.22. The van der Waals surface area contributed by atoms with Gasteiger partial charge in [-0.3, -0.25) is 9.59 Å². The summed E-state index contributed by atoms with van der Waals surface area (Å²) in [6, 6.07) is 9.83. The van der Waals surface area contributed by atoms with Gasteiger partial charge in [0.2, 0.25) is 16.9 Å². The fourth-order valence-electron chi connectivity index (χ4n) is 3.38.